The van der Waals surface area contributed by atoms with Crippen molar-refractivity contribution in [2.75, 3.05) is 18.2 Å². The predicted molar refractivity (Wildman–Crippen MR) is 112 cm³/mol. The van der Waals surface area contributed by atoms with E-state index in [1.54, 1.807) is 38.4 Å². The van der Waals surface area contributed by atoms with Gasteiger partial charge in [-0.3, -0.25) is 18.7 Å². The molecule has 1 N–H and O–H groups in total. The normalized spacial score (nSPS) is 10.9. The number of anilines is 1. The van der Waals surface area contributed by atoms with Crippen LogP contribution in [-0.4, -0.2) is 37.9 Å². The fraction of sp³-hybridized carbons (Fsp3) is 0.316. The second kappa shape index (κ2) is 8.48. The van der Waals surface area contributed by atoms with Gasteiger partial charge in [0.2, 0.25) is 5.91 Å². The number of methoxy groups -OCH3 is 1. The third-order valence-electron chi connectivity index (χ3n) is 4.34. The third kappa shape index (κ3) is 4.16. The van der Waals surface area contributed by atoms with Crippen LogP contribution in [0.3, 0.4) is 0 Å². The lowest BCUT2D eigenvalue weighted by atomic mass is 10.3. The maximum atomic E-state index is 12.7. The van der Waals surface area contributed by atoms with Crippen LogP contribution in [0.15, 0.2) is 38.9 Å². The minimum Gasteiger partial charge on any atom is -0.497 e. The van der Waals surface area contributed by atoms with Crippen molar-refractivity contribution in [1.82, 2.24) is 19.1 Å². The average molecular weight is 415 g/mol. The first-order chi connectivity index (χ1) is 13.8. The first-order valence-corrected chi connectivity index (χ1v) is 9.87. The van der Waals surface area contributed by atoms with Gasteiger partial charge < -0.3 is 10.1 Å². The van der Waals surface area contributed by atoms with E-state index in [1.165, 1.54) is 11.6 Å². The summed E-state index contributed by atoms with van der Waals surface area (Å²) in [6.07, 6.45) is 0.533. The molecule has 0 saturated heterocycles. The van der Waals surface area contributed by atoms with Gasteiger partial charge in [0.15, 0.2) is 5.65 Å². The fourth-order valence-corrected chi connectivity index (χ4v) is 3.57. The molecule has 0 saturated carbocycles. The van der Waals surface area contributed by atoms with Crippen LogP contribution in [0.1, 0.15) is 12.7 Å². The Morgan fingerprint density at radius 1 is 1.14 bits per heavy atom. The standard InChI is InChI=1S/C19H21N5O4S/c1-5-13-21-16-15(18(26)24(3)19(27)23(16)2)17(22-13)29-10-14(25)20-11-6-8-12(28-4)9-7-11/h6-9H,5,10H2,1-4H3,(H,20,25). The Morgan fingerprint density at radius 2 is 1.83 bits per heavy atom. The molecule has 0 aliphatic rings. The summed E-state index contributed by atoms with van der Waals surface area (Å²) in [5.74, 6) is 0.997. The minimum atomic E-state index is -0.483. The van der Waals surface area contributed by atoms with Crippen molar-refractivity contribution >= 4 is 34.4 Å². The van der Waals surface area contributed by atoms with E-state index in [0.29, 0.717) is 28.7 Å². The number of hydrogen-bond acceptors (Lipinski definition) is 7. The summed E-state index contributed by atoms with van der Waals surface area (Å²) in [4.78, 5) is 46.0. The van der Waals surface area contributed by atoms with Gasteiger partial charge in [-0.2, -0.15) is 0 Å². The Bertz CT molecular complexity index is 1180. The van der Waals surface area contributed by atoms with Crippen molar-refractivity contribution in [3.63, 3.8) is 0 Å². The number of rotatable bonds is 6. The van der Waals surface area contributed by atoms with Crippen LogP contribution in [0.2, 0.25) is 0 Å². The van der Waals surface area contributed by atoms with E-state index >= 15 is 0 Å². The molecule has 29 heavy (non-hydrogen) atoms. The van der Waals surface area contributed by atoms with Crippen LogP contribution in [0, 0.1) is 0 Å². The highest BCUT2D eigenvalue weighted by atomic mass is 32.2. The number of aryl methyl sites for hydroxylation is 2. The number of benzene rings is 1. The highest BCUT2D eigenvalue weighted by Gasteiger charge is 2.18. The Morgan fingerprint density at radius 3 is 2.45 bits per heavy atom. The van der Waals surface area contributed by atoms with Crippen LogP contribution in [0.25, 0.3) is 11.0 Å². The highest BCUT2D eigenvalue weighted by molar-refractivity contribution is 8.00. The second-order valence-corrected chi connectivity index (χ2v) is 7.23. The molecule has 0 atom stereocenters. The molecular formula is C19H21N5O4S. The Balaban J connectivity index is 1.90. The summed E-state index contributed by atoms with van der Waals surface area (Å²) < 4.78 is 7.43. The zero-order valence-corrected chi connectivity index (χ0v) is 17.4. The molecule has 9 nitrogen and oxygen atoms in total. The third-order valence-corrected chi connectivity index (χ3v) is 5.32. The molecule has 0 radical (unpaired) electrons. The number of carbonyl (C=O) groups excluding carboxylic acids is 1. The van der Waals surface area contributed by atoms with Crippen molar-refractivity contribution in [1.29, 1.82) is 0 Å². The van der Waals surface area contributed by atoms with Crippen molar-refractivity contribution < 1.29 is 9.53 Å². The van der Waals surface area contributed by atoms with E-state index < -0.39 is 11.2 Å². The van der Waals surface area contributed by atoms with Gasteiger partial charge in [0.1, 0.15) is 22.0 Å². The van der Waals surface area contributed by atoms with Crippen molar-refractivity contribution in [3.8, 4) is 5.75 Å². The van der Waals surface area contributed by atoms with E-state index in [9.17, 15) is 14.4 Å². The number of fused-ring (bicyclic) bond motifs is 1. The molecule has 0 aliphatic carbocycles. The molecule has 3 aromatic rings. The maximum Gasteiger partial charge on any atom is 0.332 e. The number of aromatic nitrogens is 4. The number of nitrogens with zero attached hydrogens (tertiary/aromatic N) is 4. The molecule has 3 rings (SSSR count). The van der Waals surface area contributed by atoms with Crippen molar-refractivity contribution in [2.45, 2.75) is 18.4 Å². The van der Waals surface area contributed by atoms with Gasteiger partial charge >= 0.3 is 5.69 Å². The van der Waals surface area contributed by atoms with Crippen molar-refractivity contribution in [3.05, 3.63) is 50.9 Å². The fourth-order valence-electron chi connectivity index (χ4n) is 2.74. The molecule has 0 spiro atoms. The van der Waals surface area contributed by atoms with Gasteiger partial charge in [0.05, 0.1) is 12.9 Å². The number of hydrogen-bond donors (Lipinski definition) is 1. The zero-order chi connectivity index (χ0) is 21.1. The zero-order valence-electron chi connectivity index (χ0n) is 16.6. The average Bonchev–Trinajstić information content (AvgIpc) is 2.74. The Labute approximate surface area is 170 Å². The second-order valence-electron chi connectivity index (χ2n) is 6.27. The Hall–Kier alpha value is -3.14. The van der Waals surface area contributed by atoms with Crippen LogP contribution in [0.5, 0.6) is 5.75 Å². The van der Waals surface area contributed by atoms with E-state index in [0.717, 1.165) is 16.3 Å². The van der Waals surface area contributed by atoms with Crippen LogP contribution in [-0.2, 0) is 25.3 Å². The number of ether oxygens (including phenoxy) is 1. The number of carbonyl (C=O) groups is 1. The lowest BCUT2D eigenvalue weighted by molar-refractivity contribution is -0.113. The molecule has 10 heteroatoms. The quantitative estimate of drug-likeness (QED) is 0.478. The Kier molecular flexibility index (Phi) is 6.02. The van der Waals surface area contributed by atoms with Gasteiger partial charge in [0, 0.05) is 26.2 Å². The van der Waals surface area contributed by atoms with E-state index in [1.807, 2.05) is 6.92 Å². The van der Waals surface area contributed by atoms with Crippen LogP contribution >= 0.6 is 11.8 Å². The summed E-state index contributed by atoms with van der Waals surface area (Å²) >= 11 is 1.14. The molecule has 0 fully saturated rings. The summed E-state index contributed by atoms with van der Waals surface area (Å²) in [6.45, 7) is 1.88. The highest BCUT2D eigenvalue weighted by Crippen LogP contribution is 2.23. The van der Waals surface area contributed by atoms with Gasteiger partial charge in [-0.1, -0.05) is 18.7 Å². The lowest BCUT2D eigenvalue weighted by Crippen LogP contribution is -2.37. The largest absolute Gasteiger partial charge is 0.497 e. The molecule has 0 unspecified atom stereocenters. The number of thioether (sulfide) groups is 1. The topological polar surface area (TPSA) is 108 Å². The summed E-state index contributed by atoms with van der Waals surface area (Å²) in [5, 5.41) is 3.40. The summed E-state index contributed by atoms with van der Waals surface area (Å²) in [5.41, 5.74) is -0.0419. The molecule has 1 amide bonds. The predicted octanol–water partition coefficient (Wildman–Crippen LogP) is 1.33. The maximum absolute atomic E-state index is 12.7. The van der Waals surface area contributed by atoms with Crippen LogP contribution in [0.4, 0.5) is 5.69 Å². The van der Waals surface area contributed by atoms with Crippen LogP contribution < -0.4 is 21.3 Å². The number of amides is 1. The molecular weight excluding hydrogens is 394 g/mol. The van der Waals surface area contributed by atoms with Gasteiger partial charge in [-0.25, -0.2) is 14.8 Å². The SMILES string of the molecule is CCc1nc(SCC(=O)Nc2ccc(OC)cc2)c2c(=O)n(C)c(=O)n(C)c2n1. The number of nitrogens with one attached hydrogen (secondary N) is 1. The van der Waals surface area contributed by atoms with Gasteiger partial charge in [-0.15, -0.1) is 0 Å². The van der Waals surface area contributed by atoms with E-state index in [2.05, 4.69) is 15.3 Å². The van der Waals surface area contributed by atoms with Gasteiger partial charge in [-0.05, 0) is 24.3 Å². The first kappa shape index (κ1) is 20.6. The molecule has 2 aromatic heterocycles. The smallest absolute Gasteiger partial charge is 0.332 e. The molecule has 1 aromatic carbocycles. The van der Waals surface area contributed by atoms with E-state index in [4.69, 9.17) is 4.74 Å². The summed E-state index contributed by atoms with van der Waals surface area (Å²) in [6, 6.07) is 6.97. The molecule has 0 bridgehead atoms. The molecule has 0 aliphatic heterocycles. The molecule has 2 heterocycles. The van der Waals surface area contributed by atoms with E-state index in [-0.39, 0.29) is 22.7 Å². The summed E-state index contributed by atoms with van der Waals surface area (Å²) in [7, 11) is 4.53. The van der Waals surface area contributed by atoms with Crippen molar-refractivity contribution in [2.24, 2.45) is 14.1 Å². The first-order valence-electron chi connectivity index (χ1n) is 8.89. The van der Waals surface area contributed by atoms with Gasteiger partial charge in [0.25, 0.3) is 5.56 Å². The monoisotopic (exact) mass is 415 g/mol. The minimum absolute atomic E-state index is 0.0489. The lowest BCUT2D eigenvalue weighted by Gasteiger charge is -2.11. The molecule has 152 valence electrons.